The second-order valence-corrected chi connectivity index (χ2v) is 5.31. The van der Waals surface area contributed by atoms with E-state index in [0.29, 0.717) is 26.2 Å². The molecule has 1 aromatic heterocycles. The first-order valence-corrected chi connectivity index (χ1v) is 6.81. The summed E-state index contributed by atoms with van der Waals surface area (Å²) in [6.07, 6.45) is 1.47. The zero-order valence-electron chi connectivity index (χ0n) is 9.75. The number of anilines is 1. The molecule has 0 saturated carbocycles. The monoisotopic (exact) mass is 387 g/mol. The van der Waals surface area contributed by atoms with E-state index in [0.717, 1.165) is 0 Å². The minimum absolute atomic E-state index is 0.303. The first-order valence-electron chi connectivity index (χ1n) is 5.23. The van der Waals surface area contributed by atoms with Gasteiger partial charge in [-0.2, -0.15) is 0 Å². The zero-order valence-corrected chi connectivity index (χ0v) is 12.9. The van der Waals surface area contributed by atoms with Crippen molar-refractivity contribution >= 4 is 43.6 Å². The summed E-state index contributed by atoms with van der Waals surface area (Å²) in [7, 11) is 0. The van der Waals surface area contributed by atoms with E-state index in [9.17, 15) is 9.18 Å². The zero-order chi connectivity index (χ0) is 14.0. The Morgan fingerprint density at radius 2 is 2.11 bits per heavy atom. The lowest BCUT2D eigenvalue weighted by Gasteiger charge is -2.08. The molecule has 19 heavy (non-hydrogen) atoms. The third-order valence-electron chi connectivity index (χ3n) is 2.37. The van der Waals surface area contributed by atoms with E-state index in [-0.39, 0.29) is 11.7 Å². The van der Waals surface area contributed by atoms with Crippen LogP contribution in [0.25, 0.3) is 0 Å². The average molecular weight is 389 g/mol. The van der Waals surface area contributed by atoms with Gasteiger partial charge in [-0.25, -0.2) is 14.4 Å². The first kappa shape index (κ1) is 14.1. The van der Waals surface area contributed by atoms with Crippen LogP contribution in [0.5, 0.6) is 0 Å². The highest BCUT2D eigenvalue weighted by atomic mass is 79.9. The highest BCUT2D eigenvalue weighted by Gasteiger charge is 2.13. The Balaban J connectivity index is 2.25. The summed E-state index contributed by atoms with van der Waals surface area (Å²) in [5.74, 6) is -0.439. The number of hydrogen-bond donors (Lipinski definition) is 1. The van der Waals surface area contributed by atoms with Crippen LogP contribution in [0.4, 0.5) is 10.2 Å². The number of rotatable bonds is 2. The van der Waals surface area contributed by atoms with Gasteiger partial charge in [0.25, 0.3) is 5.91 Å². The van der Waals surface area contributed by atoms with Crippen LogP contribution in [0.15, 0.2) is 33.6 Å². The van der Waals surface area contributed by atoms with Gasteiger partial charge < -0.3 is 5.32 Å². The quantitative estimate of drug-likeness (QED) is 0.853. The third-order valence-corrected chi connectivity index (χ3v) is 3.30. The Bertz CT molecular complexity index is 649. The Labute approximate surface area is 125 Å². The molecular weight excluding hydrogens is 381 g/mol. The molecule has 2 aromatic rings. The predicted molar refractivity (Wildman–Crippen MR) is 76.5 cm³/mol. The largest absolute Gasteiger partial charge is 0.304 e. The summed E-state index contributed by atoms with van der Waals surface area (Å²) < 4.78 is 13.9. The molecule has 0 aliphatic heterocycles. The maximum absolute atomic E-state index is 13.0. The summed E-state index contributed by atoms with van der Waals surface area (Å²) in [5.41, 5.74) is 0.941. The summed E-state index contributed by atoms with van der Waals surface area (Å²) in [4.78, 5) is 20.1. The molecule has 7 heteroatoms. The average Bonchev–Trinajstić information content (AvgIpc) is 2.32. The molecule has 2 rings (SSSR count). The van der Waals surface area contributed by atoms with E-state index in [1.165, 1.54) is 24.4 Å². The second-order valence-electron chi connectivity index (χ2n) is 3.75. The van der Waals surface area contributed by atoms with Crippen molar-refractivity contribution in [2.24, 2.45) is 0 Å². The van der Waals surface area contributed by atoms with Gasteiger partial charge in [-0.3, -0.25) is 4.79 Å². The molecule has 1 aromatic carbocycles. The van der Waals surface area contributed by atoms with Crippen molar-refractivity contribution in [2.75, 3.05) is 5.32 Å². The van der Waals surface area contributed by atoms with E-state index < -0.39 is 0 Å². The van der Waals surface area contributed by atoms with Gasteiger partial charge in [0, 0.05) is 5.56 Å². The lowest BCUT2D eigenvalue weighted by molar-refractivity contribution is 0.102. The lowest BCUT2D eigenvalue weighted by atomic mass is 10.1. The van der Waals surface area contributed by atoms with E-state index >= 15 is 0 Å². The van der Waals surface area contributed by atoms with E-state index in [2.05, 4.69) is 47.1 Å². The van der Waals surface area contributed by atoms with Gasteiger partial charge in [0.05, 0.1) is 6.20 Å². The summed E-state index contributed by atoms with van der Waals surface area (Å²) in [5, 5.41) is 2.61. The maximum atomic E-state index is 13.0. The molecule has 0 fully saturated rings. The molecule has 0 aliphatic carbocycles. The SMILES string of the molecule is Cc1cc(F)ccc1C(=O)Nc1ncc(Br)nc1Br. The van der Waals surface area contributed by atoms with Crippen molar-refractivity contribution in [3.05, 3.63) is 50.5 Å². The number of halogens is 3. The topological polar surface area (TPSA) is 54.9 Å². The number of hydrogen-bond acceptors (Lipinski definition) is 3. The van der Waals surface area contributed by atoms with Gasteiger partial charge in [0.15, 0.2) is 5.82 Å². The van der Waals surface area contributed by atoms with Crippen molar-refractivity contribution in [1.82, 2.24) is 9.97 Å². The van der Waals surface area contributed by atoms with Crippen molar-refractivity contribution in [3.63, 3.8) is 0 Å². The Hall–Kier alpha value is -1.34. The van der Waals surface area contributed by atoms with Crippen LogP contribution in [0.1, 0.15) is 15.9 Å². The number of aromatic nitrogens is 2. The molecule has 0 saturated heterocycles. The van der Waals surface area contributed by atoms with E-state index in [1.807, 2.05) is 0 Å². The third kappa shape index (κ3) is 3.36. The number of amides is 1. The van der Waals surface area contributed by atoms with Crippen LogP contribution in [0.2, 0.25) is 0 Å². The molecule has 1 amide bonds. The van der Waals surface area contributed by atoms with Gasteiger partial charge in [0.2, 0.25) is 0 Å². The molecule has 1 heterocycles. The normalized spacial score (nSPS) is 10.3. The molecular formula is C12H8Br2FN3O. The predicted octanol–water partition coefficient (Wildman–Crippen LogP) is 3.70. The fourth-order valence-corrected chi connectivity index (χ4v) is 2.40. The van der Waals surface area contributed by atoms with Gasteiger partial charge in [-0.15, -0.1) is 0 Å². The minimum Gasteiger partial charge on any atom is -0.304 e. The molecule has 0 bridgehead atoms. The van der Waals surface area contributed by atoms with Crippen LogP contribution >= 0.6 is 31.9 Å². The van der Waals surface area contributed by atoms with Crippen molar-refractivity contribution < 1.29 is 9.18 Å². The van der Waals surface area contributed by atoms with Crippen LogP contribution in [-0.4, -0.2) is 15.9 Å². The first-order chi connectivity index (χ1) is 8.97. The van der Waals surface area contributed by atoms with Crippen LogP contribution < -0.4 is 5.32 Å². The second kappa shape index (κ2) is 5.75. The Morgan fingerprint density at radius 3 is 2.74 bits per heavy atom. The number of nitrogens with zero attached hydrogens (tertiary/aromatic N) is 2. The fourth-order valence-electron chi connectivity index (χ4n) is 1.49. The highest BCUT2D eigenvalue weighted by Crippen LogP contribution is 2.20. The van der Waals surface area contributed by atoms with Crippen molar-refractivity contribution in [2.45, 2.75) is 6.92 Å². The van der Waals surface area contributed by atoms with Gasteiger partial charge in [-0.1, -0.05) is 0 Å². The molecule has 0 atom stereocenters. The Morgan fingerprint density at radius 1 is 1.37 bits per heavy atom. The maximum Gasteiger partial charge on any atom is 0.257 e. The fraction of sp³-hybridized carbons (Fsp3) is 0.0833. The van der Waals surface area contributed by atoms with Crippen LogP contribution in [0, 0.1) is 12.7 Å². The standard InChI is InChI=1S/C12H8Br2FN3O/c1-6-4-7(15)2-3-8(6)12(19)18-11-10(14)17-9(13)5-16-11/h2-5H,1H3,(H,16,18,19). The van der Waals surface area contributed by atoms with Crippen molar-refractivity contribution in [1.29, 1.82) is 0 Å². The highest BCUT2D eigenvalue weighted by molar-refractivity contribution is 9.11. The molecule has 1 N–H and O–H groups in total. The number of nitrogens with one attached hydrogen (secondary N) is 1. The number of benzene rings is 1. The van der Waals surface area contributed by atoms with Gasteiger partial charge >= 0.3 is 0 Å². The summed E-state index contributed by atoms with van der Waals surface area (Å²) in [6, 6.07) is 3.97. The van der Waals surface area contributed by atoms with Crippen LogP contribution in [-0.2, 0) is 0 Å². The molecule has 98 valence electrons. The molecule has 0 aliphatic rings. The van der Waals surface area contributed by atoms with Gasteiger partial charge in [0.1, 0.15) is 15.0 Å². The van der Waals surface area contributed by atoms with E-state index in [4.69, 9.17) is 0 Å². The molecule has 0 unspecified atom stereocenters. The van der Waals surface area contributed by atoms with E-state index in [1.54, 1.807) is 6.92 Å². The molecule has 0 spiro atoms. The minimum atomic E-state index is -0.376. The smallest absolute Gasteiger partial charge is 0.257 e. The number of aryl methyl sites for hydroxylation is 1. The lowest BCUT2D eigenvalue weighted by Crippen LogP contribution is -2.15. The number of carbonyl (C=O) groups excluding carboxylic acids is 1. The summed E-state index contributed by atoms with van der Waals surface area (Å²) >= 11 is 6.37. The number of carbonyl (C=O) groups is 1. The van der Waals surface area contributed by atoms with Gasteiger partial charge in [-0.05, 0) is 62.5 Å². The van der Waals surface area contributed by atoms with Crippen molar-refractivity contribution in [3.8, 4) is 0 Å². The van der Waals surface area contributed by atoms with Crippen LogP contribution in [0.3, 0.4) is 0 Å². The summed E-state index contributed by atoms with van der Waals surface area (Å²) in [6.45, 7) is 1.67. The Kier molecular flexibility index (Phi) is 4.26. The molecule has 0 radical (unpaired) electrons. The molecule has 4 nitrogen and oxygen atoms in total.